The van der Waals surface area contributed by atoms with Crippen molar-refractivity contribution < 1.29 is 9.18 Å². The number of aromatic nitrogens is 3. The molecule has 2 aromatic heterocycles. The first-order valence-corrected chi connectivity index (χ1v) is 7.07. The van der Waals surface area contributed by atoms with Gasteiger partial charge in [-0.15, -0.1) is 10.2 Å². The van der Waals surface area contributed by atoms with Crippen molar-refractivity contribution in [2.75, 3.05) is 0 Å². The van der Waals surface area contributed by atoms with Crippen molar-refractivity contribution in [1.29, 1.82) is 0 Å². The summed E-state index contributed by atoms with van der Waals surface area (Å²) in [6, 6.07) is 7.82. The number of carbonyl (C=O) groups excluding carboxylic acids is 1. The average Bonchev–Trinajstić information content (AvgIpc) is 2.93. The zero-order chi connectivity index (χ0) is 16.6. The molecule has 0 aliphatic rings. The van der Waals surface area contributed by atoms with E-state index in [1.807, 2.05) is 13.8 Å². The lowest BCUT2D eigenvalue weighted by Crippen LogP contribution is -2.06. The summed E-state index contributed by atoms with van der Waals surface area (Å²) in [6.45, 7) is 10.8. The Hall–Kier alpha value is -3.07. The fraction of sp³-hybridized carbons (Fsp3) is 0.176. The summed E-state index contributed by atoms with van der Waals surface area (Å²) in [4.78, 5) is 15.9. The van der Waals surface area contributed by atoms with Crippen LogP contribution in [0.1, 0.15) is 24.2 Å². The molecule has 0 saturated carbocycles. The Morgan fingerprint density at radius 1 is 1.26 bits per heavy atom. The smallest absolute Gasteiger partial charge is 0.233 e. The van der Waals surface area contributed by atoms with Crippen molar-refractivity contribution >= 4 is 22.4 Å². The van der Waals surface area contributed by atoms with E-state index in [0.29, 0.717) is 22.5 Å². The van der Waals surface area contributed by atoms with Crippen LogP contribution in [0.15, 0.2) is 36.5 Å². The van der Waals surface area contributed by atoms with Crippen LogP contribution in [0.3, 0.4) is 0 Å². The summed E-state index contributed by atoms with van der Waals surface area (Å²) in [5.41, 5.74) is 1.70. The van der Waals surface area contributed by atoms with Gasteiger partial charge < -0.3 is 0 Å². The topological polar surface area (TPSA) is 52.1 Å². The predicted octanol–water partition coefficient (Wildman–Crippen LogP) is 3.95. The van der Waals surface area contributed by atoms with Gasteiger partial charge in [-0.3, -0.25) is 9.36 Å². The minimum atomic E-state index is -0.668. The molecule has 0 atom stereocenters. The Morgan fingerprint density at radius 3 is 2.65 bits per heavy atom. The highest BCUT2D eigenvalue weighted by Crippen LogP contribution is 2.29. The molecule has 0 fully saturated rings. The molecule has 5 nitrogen and oxygen atoms in total. The molecule has 3 rings (SSSR count). The summed E-state index contributed by atoms with van der Waals surface area (Å²) < 4.78 is 14.7. The molecule has 1 aromatic carbocycles. The quantitative estimate of drug-likeness (QED) is 0.544. The SMILES string of the molecule is [C-]#[N+]c1ccc2c(c1)c(C(=O)C(C)C)cn2-c1ccc(F)nn1. The van der Waals surface area contributed by atoms with Gasteiger partial charge in [-0.2, -0.15) is 4.39 Å². The number of ketones is 1. The van der Waals surface area contributed by atoms with E-state index in [1.54, 1.807) is 29.0 Å². The van der Waals surface area contributed by atoms with Gasteiger partial charge in [0.05, 0.1) is 12.1 Å². The maximum absolute atomic E-state index is 13.0. The first kappa shape index (κ1) is 14.9. The van der Waals surface area contributed by atoms with Gasteiger partial charge in [-0.05, 0) is 24.3 Å². The highest BCUT2D eigenvalue weighted by molar-refractivity contribution is 6.09. The van der Waals surface area contributed by atoms with E-state index in [4.69, 9.17) is 6.57 Å². The predicted molar refractivity (Wildman–Crippen MR) is 84.3 cm³/mol. The van der Waals surface area contributed by atoms with Crippen LogP contribution in [-0.2, 0) is 0 Å². The van der Waals surface area contributed by atoms with Crippen LogP contribution in [0.5, 0.6) is 0 Å². The van der Waals surface area contributed by atoms with Gasteiger partial charge in [0.15, 0.2) is 17.3 Å². The molecule has 0 unspecified atom stereocenters. The van der Waals surface area contributed by atoms with E-state index in [-0.39, 0.29) is 11.7 Å². The molecule has 0 spiro atoms. The summed E-state index contributed by atoms with van der Waals surface area (Å²) in [5.74, 6) is -0.454. The monoisotopic (exact) mass is 308 g/mol. The van der Waals surface area contributed by atoms with Crippen LogP contribution >= 0.6 is 0 Å². The van der Waals surface area contributed by atoms with Crippen LogP contribution in [0.4, 0.5) is 10.1 Å². The van der Waals surface area contributed by atoms with Crippen LogP contribution in [0.25, 0.3) is 21.6 Å². The van der Waals surface area contributed by atoms with E-state index in [0.717, 1.165) is 5.52 Å². The molecule has 23 heavy (non-hydrogen) atoms. The Kier molecular flexibility index (Phi) is 3.62. The normalized spacial score (nSPS) is 10.9. The maximum atomic E-state index is 13.0. The van der Waals surface area contributed by atoms with Gasteiger partial charge in [0, 0.05) is 23.1 Å². The van der Waals surface area contributed by atoms with Crippen LogP contribution in [-0.4, -0.2) is 20.5 Å². The average molecular weight is 308 g/mol. The highest BCUT2D eigenvalue weighted by atomic mass is 19.1. The van der Waals surface area contributed by atoms with Crippen molar-refractivity contribution in [3.63, 3.8) is 0 Å². The number of hydrogen-bond acceptors (Lipinski definition) is 3. The Balaban J connectivity index is 2.29. The van der Waals surface area contributed by atoms with E-state index >= 15 is 0 Å². The van der Waals surface area contributed by atoms with Crippen LogP contribution in [0, 0.1) is 18.4 Å². The first-order chi connectivity index (χ1) is 11.0. The Bertz CT molecular complexity index is 936. The second-order valence-electron chi connectivity index (χ2n) is 5.46. The van der Waals surface area contributed by atoms with Crippen molar-refractivity contribution in [2.45, 2.75) is 13.8 Å². The Labute approximate surface area is 132 Å². The molecule has 2 heterocycles. The molecule has 0 saturated heterocycles. The molecule has 0 amide bonds. The van der Waals surface area contributed by atoms with Crippen molar-refractivity contribution in [2.24, 2.45) is 5.92 Å². The largest absolute Gasteiger partial charge is 0.299 e. The lowest BCUT2D eigenvalue weighted by Gasteiger charge is -2.02. The Morgan fingerprint density at radius 2 is 2.04 bits per heavy atom. The second-order valence-corrected chi connectivity index (χ2v) is 5.46. The summed E-state index contributed by atoms with van der Waals surface area (Å²) >= 11 is 0. The number of Topliss-reactive ketones (excluding diaryl/α,β-unsaturated/α-hetero) is 1. The van der Waals surface area contributed by atoms with E-state index in [1.165, 1.54) is 12.1 Å². The molecular formula is C17H13FN4O. The highest BCUT2D eigenvalue weighted by Gasteiger charge is 2.19. The zero-order valence-corrected chi connectivity index (χ0v) is 12.6. The van der Waals surface area contributed by atoms with Crippen molar-refractivity contribution in [3.05, 3.63) is 59.5 Å². The van der Waals surface area contributed by atoms with Crippen LogP contribution in [0.2, 0.25) is 0 Å². The third kappa shape index (κ3) is 2.57. The molecule has 0 aliphatic carbocycles. The van der Waals surface area contributed by atoms with Gasteiger partial charge in [-0.25, -0.2) is 4.85 Å². The van der Waals surface area contributed by atoms with Crippen molar-refractivity contribution in [1.82, 2.24) is 14.8 Å². The summed E-state index contributed by atoms with van der Waals surface area (Å²) in [6.07, 6.45) is 1.67. The fourth-order valence-electron chi connectivity index (χ4n) is 2.42. The van der Waals surface area contributed by atoms with E-state index in [9.17, 15) is 9.18 Å². The number of fused-ring (bicyclic) bond motifs is 1. The van der Waals surface area contributed by atoms with Crippen LogP contribution < -0.4 is 0 Å². The third-order valence-corrected chi connectivity index (χ3v) is 3.57. The van der Waals surface area contributed by atoms with Gasteiger partial charge in [-0.1, -0.05) is 19.9 Å². The summed E-state index contributed by atoms with van der Waals surface area (Å²) in [5, 5.41) is 7.92. The maximum Gasteiger partial charge on any atom is 0.233 e. The van der Waals surface area contributed by atoms with E-state index in [2.05, 4.69) is 15.0 Å². The number of benzene rings is 1. The summed E-state index contributed by atoms with van der Waals surface area (Å²) in [7, 11) is 0. The number of carbonyl (C=O) groups is 1. The zero-order valence-electron chi connectivity index (χ0n) is 12.6. The molecule has 6 heteroatoms. The minimum Gasteiger partial charge on any atom is -0.299 e. The lowest BCUT2D eigenvalue weighted by molar-refractivity contribution is 0.0941. The van der Waals surface area contributed by atoms with Gasteiger partial charge >= 0.3 is 0 Å². The third-order valence-electron chi connectivity index (χ3n) is 3.57. The number of nitrogens with zero attached hydrogens (tertiary/aromatic N) is 4. The number of halogens is 1. The fourth-order valence-corrected chi connectivity index (χ4v) is 2.42. The standard InChI is InChI=1S/C17H13FN4O/c1-10(2)17(23)13-9-22(16-7-6-15(18)20-21-16)14-5-4-11(19-3)8-12(13)14/h4-10H,1-2H3. The molecule has 0 N–H and O–H groups in total. The minimum absolute atomic E-state index is 0.0223. The van der Waals surface area contributed by atoms with Gasteiger partial charge in [0.2, 0.25) is 5.95 Å². The number of hydrogen-bond donors (Lipinski definition) is 0. The number of rotatable bonds is 3. The molecule has 114 valence electrons. The van der Waals surface area contributed by atoms with Gasteiger partial charge in [0.1, 0.15) is 0 Å². The van der Waals surface area contributed by atoms with Gasteiger partial charge in [0.25, 0.3) is 0 Å². The molecule has 0 radical (unpaired) electrons. The first-order valence-electron chi connectivity index (χ1n) is 7.07. The van der Waals surface area contributed by atoms with E-state index < -0.39 is 5.95 Å². The van der Waals surface area contributed by atoms with Crippen molar-refractivity contribution in [3.8, 4) is 5.82 Å². The molecular weight excluding hydrogens is 295 g/mol. The molecule has 0 bridgehead atoms. The molecule has 0 aliphatic heterocycles. The second kappa shape index (κ2) is 5.61. The lowest BCUT2D eigenvalue weighted by atomic mass is 10.0. The molecule has 3 aromatic rings.